The van der Waals surface area contributed by atoms with Crippen molar-refractivity contribution in [1.29, 1.82) is 0 Å². The van der Waals surface area contributed by atoms with E-state index in [1.807, 2.05) is 13.3 Å². The normalized spacial score (nSPS) is 17.3. The lowest BCUT2D eigenvalue weighted by molar-refractivity contribution is -0.137. The van der Waals surface area contributed by atoms with E-state index in [1.54, 1.807) is 18.5 Å². The third-order valence-electron chi connectivity index (χ3n) is 6.54. The lowest BCUT2D eigenvalue weighted by Crippen LogP contribution is -2.27. The Morgan fingerprint density at radius 3 is 2.68 bits per heavy atom. The Morgan fingerprint density at radius 1 is 1.19 bits per heavy atom. The number of hydrogen-bond acceptors (Lipinski definition) is 7. The average molecular weight is 530 g/mol. The first-order valence-corrected chi connectivity index (χ1v) is 12.8. The molecule has 194 valence electrons. The number of carbonyl (C=O) groups excluding carboxylic acids is 1. The van der Waals surface area contributed by atoms with E-state index in [0.29, 0.717) is 22.6 Å². The molecule has 0 radical (unpaired) electrons. The summed E-state index contributed by atoms with van der Waals surface area (Å²) >= 11 is 1.31. The van der Waals surface area contributed by atoms with Crippen LogP contribution in [0.1, 0.15) is 53.3 Å². The van der Waals surface area contributed by atoms with Crippen molar-refractivity contribution < 1.29 is 18.0 Å². The predicted molar refractivity (Wildman–Crippen MR) is 136 cm³/mol. The fourth-order valence-corrected chi connectivity index (χ4v) is 5.26. The van der Waals surface area contributed by atoms with E-state index in [4.69, 9.17) is 0 Å². The van der Waals surface area contributed by atoms with E-state index < -0.39 is 11.7 Å². The van der Waals surface area contributed by atoms with Gasteiger partial charge in [0.05, 0.1) is 29.6 Å². The van der Waals surface area contributed by atoms with Gasteiger partial charge in [0.2, 0.25) is 0 Å². The van der Waals surface area contributed by atoms with Gasteiger partial charge in [0.1, 0.15) is 11.2 Å². The van der Waals surface area contributed by atoms with Gasteiger partial charge in [-0.1, -0.05) is 18.3 Å². The number of benzene rings is 1. The number of nitrogens with one attached hydrogen (secondary N) is 2. The molecule has 1 aromatic carbocycles. The molecule has 1 aliphatic rings. The Labute approximate surface area is 215 Å². The first-order chi connectivity index (χ1) is 17.7. The van der Waals surface area contributed by atoms with E-state index >= 15 is 0 Å². The van der Waals surface area contributed by atoms with Crippen LogP contribution in [0.4, 0.5) is 24.0 Å². The number of carbonyl (C=O) groups is 1. The molecule has 37 heavy (non-hydrogen) atoms. The number of rotatable bonds is 7. The number of aromatic nitrogens is 4. The highest BCUT2D eigenvalue weighted by Gasteiger charge is 2.30. The Kier molecular flexibility index (Phi) is 6.86. The minimum Gasteiger partial charge on any atom is -0.343 e. The summed E-state index contributed by atoms with van der Waals surface area (Å²) in [7, 11) is 0. The SMILES string of the molecule is CCN1CC[C@H](n2cnc3cnc(C(=O)N[C@@H](C)c4cnc(Nc5ccc(C(F)(F)F)cc5)s4)cc32)C1. The molecule has 1 aliphatic heterocycles. The minimum absolute atomic E-state index is 0.305. The number of alkyl halides is 3. The molecule has 0 spiro atoms. The van der Waals surface area contributed by atoms with Crippen molar-refractivity contribution in [3.63, 3.8) is 0 Å². The van der Waals surface area contributed by atoms with Gasteiger partial charge in [-0.25, -0.2) is 15.0 Å². The second kappa shape index (κ2) is 10.1. The van der Waals surface area contributed by atoms with E-state index in [1.165, 1.54) is 23.5 Å². The van der Waals surface area contributed by atoms with Crippen LogP contribution >= 0.6 is 11.3 Å². The van der Waals surface area contributed by atoms with E-state index in [2.05, 4.69) is 42.0 Å². The van der Waals surface area contributed by atoms with Crippen molar-refractivity contribution in [1.82, 2.24) is 29.7 Å². The molecule has 3 aromatic heterocycles. The van der Waals surface area contributed by atoms with Gasteiger partial charge in [-0.2, -0.15) is 13.2 Å². The van der Waals surface area contributed by atoms with Gasteiger partial charge >= 0.3 is 6.18 Å². The molecular formula is C25H26F3N7OS. The largest absolute Gasteiger partial charge is 0.416 e. The summed E-state index contributed by atoms with van der Waals surface area (Å²) < 4.78 is 40.4. The highest BCUT2D eigenvalue weighted by molar-refractivity contribution is 7.15. The highest BCUT2D eigenvalue weighted by Crippen LogP contribution is 2.32. The second-order valence-corrected chi connectivity index (χ2v) is 10.1. The van der Waals surface area contributed by atoms with Gasteiger partial charge in [-0.05, 0) is 50.2 Å². The Morgan fingerprint density at radius 2 is 1.97 bits per heavy atom. The monoisotopic (exact) mass is 529 g/mol. The van der Waals surface area contributed by atoms with Crippen LogP contribution in [0.3, 0.4) is 0 Å². The molecular weight excluding hydrogens is 503 g/mol. The van der Waals surface area contributed by atoms with E-state index in [9.17, 15) is 18.0 Å². The van der Waals surface area contributed by atoms with Crippen molar-refractivity contribution >= 4 is 39.1 Å². The molecule has 0 bridgehead atoms. The number of pyridine rings is 1. The quantitative estimate of drug-likeness (QED) is 0.333. The van der Waals surface area contributed by atoms with Crippen LogP contribution in [0.25, 0.3) is 11.0 Å². The predicted octanol–water partition coefficient (Wildman–Crippen LogP) is 5.41. The van der Waals surface area contributed by atoms with Crippen molar-refractivity contribution in [3.8, 4) is 0 Å². The number of halogens is 3. The standard InChI is InChI=1S/C25H26F3N7OS/c1-3-34-9-8-18(13-34)35-14-31-20-11-29-19(10-21(20)35)23(36)32-15(2)22-12-30-24(37-22)33-17-6-4-16(5-7-17)25(26,27)28/h4-7,10-12,14-15,18H,3,8-9,13H2,1-2H3,(H,30,33)(H,32,36)/t15-,18-/m0/s1. The fraction of sp³-hybridized carbons (Fsp3) is 0.360. The van der Waals surface area contributed by atoms with E-state index in [0.717, 1.165) is 54.1 Å². The van der Waals surface area contributed by atoms with Crippen molar-refractivity contribution in [3.05, 3.63) is 65.2 Å². The molecule has 2 N–H and O–H groups in total. The molecule has 8 nitrogen and oxygen atoms in total. The summed E-state index contributed by atoms with van der Waals surface area (Å²) in [6, 6.07) is 6.49. The number of anilines is 2. The lowest BCUT2D eigenvalue weighted by Gasteiger charge is -2.15. The lowest BCUT2D eigenvalue weighted by atomic mass is 10.2. The molecule has 2 atom stereocenters. The minimum atomic E-state index is -4.38. The average Bonchev–Trinajstić information content (AvgIpc) is 3.62. The van der Waals surface area contributed by atoms with Crippen LogP contribution in [-0.4, -0.2) is 50.0 Å². The molecule has 5 rings (SSSR count). The molecule has 1 saturated heterocycles. The molecule has 0 aliphatic carbocycles. The maximum absolute atomic E-state index is 13.0. The summed E-state index contributed by atoms with van der Waals surface area (Å²) in [5.41, 5.74) is 1.72. The van der Waals surface area contributed by atoms with Crippen LogP contribution in [0.5, 0.6) is 0 Å². The number of fused-ring (bicyclic) bond motifs is 1. The summed E-state index contributed by atoms with van der Waals surface area (Å²) in [4.78, 5) is 29.2. The zero-order valence-electron chi connectivity index (χ0n) is 20.3. The first-order valence-electron chi connectivity index (χ1n) is 12.0. The zero-order valence-corrected chi connectivity index (χ0v) is 21.1. The number of thiazole rings is 1. The third-order valence-corrected chi connectivity index (χ3v) is 7.64. The van der Waals surface area contributed by atoms with Crippen molar-refractivity contribution in [2.75, 3.05) is 25.0 Å². The number of amides is 1. The molecule has 12 heteroatoms. The van der Waals surface area contributed by atoms with Gasteiger partial charge in [0.25, 0.3) is 5.91 Å². The molecule has 4 aromatic rings. The van der Waals surface area contributed by atoms with E-state index in [-0.39, 0.29) is 11.9 Å². The molecule has 4 heterocycles. The summed E-state index contributed by atoms with van der Waals surface area (Å²) in [6.07, 6.45) is 1.73. The number of imidazole rings is 1. The highest BCUT2D eigenvalue weighted by atomic mass is 32.1. The van der Waals surface area contributed by atoms with Gasteiger partial charge < -0.3 is 20.1 Å². The maximum atomic E-state index is 13.0. The topological polar surface area (TPSA) is 88.0 Å². The van der Waals surface area contributed by atoms with Crippen molar-refractivity contribution in [2.24, 2.45) is 0 Å². The third kappa shape index (κ3) is 5.44. The first kappa shape index (κ1) is 25.2. The number of nitrogens with zero attached hydrogens (tertiary/aromatic N) is 5. The Hall–Kier alpha value is -3.51. The van der Waals surface area contributed by atoms with Gasteiger partial charge in [-0.15, -0.1) is 0 Å². The van der Waals surface area contributed by atoms with Gasteiger partial charge in [-0.3, -0.25) is 4.79 Å². The number of hydrogen-bond donors (Lipinski definition) is 2. The molecule has 1 amide bonds. The second-order valence-electron chi connectivity index (χ2n) is 9.01. The summed E-state index contributed by atoms with van der Waals surface area (Å²) in [6.45, 7) is 7.00. The van der Waals surface area contributed by atoms with Crippen LogP contribution in [0.2, 0.25) is 0 Å². The maximum Gasteiger partial charge on any atom is 0.416 e. The van der Waals surface area contributed by atoms with Crippen LogP contribution in [-0.2, 0) is 6.18 Å². The van der Waals surface area contributed by atoms with Crippen LogP contribution < -0.4 is 10.6 Å². The zero-order chi connectivity index (χ0) is 26.2. The Balaban J connectivity index is 1.25. The summed E-state index contributed by atoms with van der Waals surface area (Å²) in [5.74, 6) is -0.311. The van der Waals surface area contributed by atoms with Gasteiger partial charge in [0, 0.05) is 35.9 Å². The Bertz CT molecular complexity index is 1400. The molecule has 0 unspecified atom stereocenters. The van der Waals surface area contributed by atoms with Crippen molar-refractivity contribution in [2.45, 2.75) is 38.5 Å². The fourth-order valence-electron chi connectivity index (χ4n) is 4.42. The van der Waals surface area contributed by atoms with Crippen LogP contribution in [0, 0.1) is 0 Å². The smallest absolute Gasteiger partial charge is 0.343 e. The molecule has 0 saturated carbocycles. The number of likely N-dealkylation sites (tertiary alicyclic amines) is 1. The molecule has 1 fully saturated rings. The van der Waals surface area contributed by atoms with Gasteiger partial charge in [0.15, 0.2) is 5.13 Å². The summed E-state index contributed by atoms with van der Waals surface area (Å²) in [5, 5.41) is 6.47. The number of likely N-dealkylation sites (N-methyl/N-ethyl adjacent to an activating group) is 1. The van der Waals surface area contributed by atoms with Crippen LogP contribution in [0.15, 0.2) is 49.1 Å².